The van der Waals surface area contributed by atoms with Crippen LogP contribution in [-0.2, 0) is 35.1 Å². The largest absolute Gasteiger partial charge is 0.379 e. The third-order valence-corrected chi connectivity index (χ3v) is 10.9. The van der Waals surface area contributed by atoms with Gasteiger partial charge in [0.2, 0.25) is 23.6 Å². The maximum atomic E-state index is 14.1. The van der Waals surface area contributed by atoms with Gasteiger partial charge in [-0.05, 0) is 57.7 Å². The molecule has 1 unspecified atom stereocenters. The van der Waals surface area contributed by atoms with Gasteiger partial charge >= 0.3 is 0 Å². The van der Waals surface area contributed by atoms with Crippen LogP contribution in [0.15, 0.2) is 24.3 Å². The molecule has 4 amide bonds. The fourth-order valence-electron chi connectivity index (χ4n) is 7.12. The minimum atomic E-state index is -0.756. The Morgan fingerprint density at radius 1 is 1.02 bits per heavy atom. The van der Waals surface area contributed by atoms with Crippen LogP contribution in [-0.4, -0.2) is 140 Å². The molecule has 1 aliphatic rings. The van der Waals surface area contributed by atoms with E-state index in [9.17, 15) is 29.3 Å². The number of nitro benzene ring substituents is 1. The van der Waals surface area contributed by atoms with Gasteiger partial charge in [-0.25, -0.2) is 0 Å². The summed E-state index contributed by atoms with van der Waals surface area (Å²) in [7, 11) is 10.1. The predicted molar refractivity (Wildman–Crippen MR) is 200 cm³/mol. The molecular formula is C38H64N6O8. The summed E-state index contributed by atoms with van der Waals surface area (Å²) in [5.74, 6) is -1.52. The number of likely N-dealkylation sites (tertiary alicyclic amines) is 1. The average molecular weight is 733 g/mol. The number of non-ortho nitro benzene ring substituents is 1. The zero-order valence-electron chi connectivity index (χ0n) is 33.5. The van der Waals surface area contributed by atoms with Crippen molar-refractivity contribution in [1.29, 1.82) is 0 Å². The minimum Gasteiger partial charge on any atom is -0.379 e. The molecule has 1 fully saturated rings. The van der Waals surface area contributed by atoms with Gasteiger partial charge in [0.05, 0.1) is 47.6 Å². The Labute approximate surface area is 310 Å². The molecule has 2 rings (SSSR count). The van der Waals surface area contributed by atoms with Gasteiger partial charge in [-0.15, -0.1) is 0 Å². The summed E-state index contributed by atoms with van der Waals surface area (Å²) in [4.78, 5) is 72.3. The second-order valence-electron chi connectivity index (χ2n) is 14.9. The SMILES string of the molecule is CC[C@H](C)C([C@@H](CC(=O)N1CCC[C@H]1[C@H](OC)[C@@H](C)C(=O)N(C)CCc1cccc([N+](=O)[O-])c1)OC)N(C)C(=O)[C@@H](NC(=O)[C@H](C)N(C)C)C(C)C. The van der Waals surface area contributed by atoms with Crippen molar-refractivity contribution in [3.63, 3.8) is 0 Å². The molecule has 1 saturated heterocycles. The van der Waals surface area contributed by atoms with Crippen molar-refractivity contribution >= 4 is 29.3 Å². The summed E-state index contributed by atoms with van der Waals surface area (Å²) in [5, 5.41) is 14.1. The van der Waals surface area contributed by atoms with Crippen molar-refractivity contribution in [2.75, 3.05) is 55.5 Å². The maximum absolute atomic E-state index is 14.1. The number of nitrogens with zero attached hydrogens (tertiary/aromatic N) is 5. The van der Waals surface area contributed by atoms with Crippen molar-refractivity contribution in [3.8, 4) is 0 Å². The van der Waals surface area contributed by atoms with E-state index in [4.69, 9.17) is 9.47 Å². The van der Waals surface area contributed by atoms with Crippen LogP contribution in [0.5, 0.6) is 0 Å². The Hall–Kier alpha value is -3.62. The van der Waals surface area contributed by atoms with Crippen LogP contribution in [0.3, 0.4) is 0 Å². The van der Waals surface area contributed by atoms with Crippen molar-refractivity contribution in [2.45, 2.75) is 110 Å². The first-order valence-corrected chi connectivity index (χ1v) is 18.5. The van der Waals surface area contributed by atoms with E-state index < -0.39 is 41.2 Å². The highest BCUT2D eigenvalue weighted by molar-refractivity contribution is 5.90. The molecule has 8 atom stereocenters. The number of hydrogen-bond donors (Lipinski definition) is 1. The monoisotopic (exact) mass is 732 g/mol. The molecule has 52 heavy (non-hydrogen) atoms. The highest BCUT2D eigenvalue weighted by atomic mass is 16.6. The number of methoxy groups -OCH3 is 2. The van der Waals surface area contributed by atoms with E-state index in [1.165, 1.54) is 12.1 Å². The van der Waals surface area contributed by atoms with Crippen molar-refractivity contribution < 1.29 is 33.6 Å². The zero-order valence-corrected chi connectivity index (χ0v) is 33.5. The molecule has 0 aromatic heterocycles. The smallest absolute Gasteiger partial charge is 0.269 e. The maximum Gasteiger partial charge on any atom is 0.269 e. The van der Waals surface area contributed by atoms with Gasteiger partial charge < -0.3 is 29.5 Å². The van der Waals surface area contributed by atoms with Crippen LogP contribution in [0.4, 0.5) is 5.69 Å². The summed E-state index contributed by atoms with van der Waals surface area (Å²) in [5.41, 5.74) is 0.768. The number of ether oxygens (including phenoxy) is 2. The zero-order chi connectivity index (χ0) is 39.4. The van der Waals surface area contributed by atoms with Gasteiger partial charge in [-0.1, -0.05) is 53.2 Å². The fourth-order valence-corrected chi connectivity index (χ4v) is 7.12. The lowest BCUT2D eigenvalue weighted by Gasteiger charge is -2.41. The van der Waals surface area contributed by atoms with Crippen LogP contribution >= 0.6 is 0 Å². The van der Waals surface area contributed by atoms with Gasteiger partial charge in [-0.2, -0.15) is 0 Å². The number of carbonyl (C=O) groups excluding carboxylic acids is 4. The lowest BCUT2D eigenvalue weighted by molar-refractivity contribution is -0.384. The Morgan fingerprint density at radius 2 is 1.67 bits per heavy atom. The van der Waals surface area contributed by atoms with E-state index in [1.54, 1.807) is 67.0 Å². The summed E-state index contributed by atoms with van der Waals surface area (Å²) in [6, 6.07) is 4.43. The minimum absolute atomic E-state index is 0.00763. The lowest BCUT2D eigenvalue weighted by Crippen LogP contribution is -2.59. The fraction of sp³-hybridized carbons (Fsp3) is 0.737. The molecule has 14 heteroatoms. The molecule has 0 aliphatic carbocycles. The third kappa shape index (κ3) is 11.4. The normalized spacial score (nSPS) is 18.7. The standard InChI is InChI=1S/C38H64N6O8/c1-13-25(4)34(42(10)38(48)33(24(2)3)39-36(46)27(6)40(7)8)31(51-11)23-32(45)43-20-15-18-30(43)35(52-12)26(5)37(47)41(9)21-19-28-16-14-17-29(22-28)44(49)50/h14,16-17,22,24-27,30-31,33-35H,13,15,18-21,23H2,1-12H3,(H,39,46)/t25-,26+,27-,30-,31+,33-,34?,35+/m0/s1. The third-order valence-electron chi connectivity index (χ3n) is 10.9. The molecular weight excluding hydrogens is 668 g/mol. The number of nitrogens with one attached hydrogen (secondary N) is 1. The number of benzene rings is 1. The molecule has 0 spiro atoms. The summed E-state index contributed by atoms with van der Waals surface area (Å²) in [6.45, 7) is 12.3. The Balaban J connectivity index is 2.22. The Kier molecular flexibility index (Phi) is 17.6. The predicted octanol–water partition coefficient (Wildman–Crippen LogP) is 3.61. The van der Waals surface area contributed by atoms with Crippen molar-refractivity contribution in [1.82, 2.24) is 24.9 Å². The summed E-state index contributed by atoms with van der Waals surface area (Å²) in [6.07, 6.45) is 1.46. The van der Waals surface area contributed by atoms with Gasteiger partial charge in [0.25, 0.3) is 5.69 Å². The molecule has 0 bridgehead atoms. The van der Waals surface area contributed by atoms with Crippen molar-refractivity contribution in [2.24, 2.45) is 17.8 Å². The molecule has 1 aromatic carbocycles. The highest BCUT2D eigenvalue weighted by Crippen LogP contribution is 2.30. The molecule has 1 N–H and O–H groups in total. The van der Waals surface area contributed by atoms with E-state index in [1.807, 2.05) is 48.7 Å². The van der Waals surface area contributed by atoms with E-state index in [2.05, 4.69) is 5.32 Å². The molecule has 1 aromatic rings. The number of rotatable bonds is 20. The van der Waals surface area contributed by atoms with Crippen LogP contribution in [0.1, 0.15) is 72.8 Å². The van der Waals surface area contributed by atoms with Gasteiger partial charge in [-0.3, -0.25) is 34.2 Å². The number of amides is 4. The van der Waals surface area contributed by atoms with Crippen LogP contribution < -0.4 is 5.32 Å². The van der Waals surface area contributed by atoms with Crippen molar-refractivity contribution in [3.05, 3.63) is 39.9 Å². The van der Waals surface area contributed by atoms with E-state index in [-0.39, 0.29) is 53.6 Å². The van der Waals surface area contributed by atoms with E-state index in [0.717, 1.165) is 18.4 Å². The van der Waals surface area contributed by atoms with Gasteiger partial charge in [0, 0.05) is 53.5 Å². The molecule has 294 valence electrons. The molecule has 0 saturated carbocycles. The molecule has 14 nitrogen and oxygen atoms in total. The Bertz CT molecular complexity index is 1360. The molecule has 1 aliphatic heterocycles. The summed E-state index contributed by atoms with van der Waals surface area (Å²) >= 11 is 0. The first kappa shape index (κ1) is 44.5. The number of carbonyl (C=O) groups is 4. The van der Waals surface area contributed by atoms with E-state index >= 15 is 0 Å². The van der Waals surface area contributed by atoms with Gasteiger partial charge in [0.1, 0.15) is 6.04 Å². The van der Waals surface area contributed by atoms with Gasteiger partial charge in [0.15, 0.2) is 0 Å². The topological polar surface area (TPSA) is 155 Å². The molecule has 0 radical (unpaired) electrons. The first-order valence-electron chi connectivity index (χ1n) is 18.5. The van der Waals surface area contributed by atoms with E-state index in [0.29, 0.717) is 25.9 Å². The lowest BCUT2D eigenvalue weighted by atomic mass is 9.89. The second-order valence-corrected chi connectivity index (χ2v) is 14.9. The first-order chi connectivity index (χ1) is 24.4. The molecule has 1 heterocycles. The number of hydrogen-bond acceptors (Lipinski definition) is 9. The second kappa shape index (κ2) is 20.6. The summed E-state index contributed by atoms with van der Waals surface area (Å²) < 4.78 is 11.9. The van der Waals surface area contributed by atoms with Crippen LogP contribution in [0, 0.1) is 27.9 Å². The Morgan fingerprint density at radius 3 is 2.21 bits per heavy atom. The highest BCUT2D eigenvalue weighted by Gasteiger charge is 2.43. The average Bonchev–Trinajstić information content (AvgIpc) is 3.60. The van der Waals surface area contributed by atoms with Crippen LogP contribution in [0.2, 0.25) is 0 Å². The number of likely N-dealkylation sites (N-methyl/N-ethyl adjacent to an activating group) is 3. The van der Waals surface area contributed by atoms with Crippen LogP contribution in [0.25, 0.3) is 0 Å². The number of nitro groups is 1. The quantitative estimate of drug-likeness (QED) is 0.156.